The molecule has 1 aliphatic carbocycles. The van der Waals surface area contributed by atoms with Gasteiger partial charge in [0.1, 0.15) is 6.04 Å². The number of likely N-dealkylation sites (tertiary alicyclic amines) is 2. The molecule has 7 nitrogen and oxygen atoms in total. The average Bonchev–Trinajstić information content (AvgIpc) is 2.96. The molecule has 2 heterocycles. The van der Waals surface area contributed by atoms with Gasteiger partial charge < -0.3 is 10.2 Å². The summed E-state index contributed by atoms with van der Waals surface area (Å²) in [6.45, 7) is 9.02. The first kappa shape index (κ1) is 22.5. The predicted molar refractivity (Wildman–Crippen MR) is 113 cm³/mol. The molecule has 1 N–H and O–H groups in total. The number of carbonyl (C=O) groups excluding carboxylic acids is 4. The van der Waals surface area contributed by atoms with Crippen LogP contribution in [0.5, 0.6) is 0 Å². The molecule has 0 aromatic carbocycles. The quantitative estimate of drug-likeness (QED) is 0.530. The molecule has 0 radical (unpaired) electrons. The first-order chi connectivity index (χ1) is 14.2. The van der Waals surface area contributed by atoms with Gasteiger partial charge in [-0.15, -0.1) is 0 Å². The number of fused-ring (bicyclic) bond motifs is 1. The minimum Gasteiger partial charge on any atom is -0.351 e. The van der Waals surface area contributed by atoms with Crippen LogP contribution in [0.3, 0.4) is 0 Å². The van der Waals surface area contributed by atoms with Gasteiger partial charge in [-0.1, -0.05) is 39.8 Å². The topological polar surface area (TPSA) is 86.8 Å². The van der Waals surface area contributed by atoms with Gasteiger partial charge in [-0.3, -0.25) is 24.1 Å². The normalized spacial score (nSPS) is 25.8. The highest BCUT2D eigenvalue weighted by Crippen LogP contribution is 2.37. The molecule has 0 saturated carbocycles. The molecule has 4 amide bonds. The Labute approximate surface area is 179 Å². The Morgan fingerprint density at radius 2 is 1.53 bits per heavy atom. The molecule has 0 bridgehead atoms. The summed E-state index contributed by atoms with van der Waals surface area (Å²) in [6.07, 6.45) is 6.90. The van der Waals surface area contributed by atoms with Crippen LogP contribution in [-0.4, -0.2) is 58.6 Å². The Balaban J connectivity index is 1.66. The molecule has 2 saturated heterocycles. The van der Waals surface area contributed by atoms with Crippen molar-refractivity contribution in [2.24, 2.45) is 23.7 Å². The van der Waals surface area contributed by atoms with Crippen molar-refractivity contribution < 1.29 is 19.2 Å². The highest BCUT2D eigenvalue weighted by molar-refractivity contribution is 6.08. The lowest BCUT2D eigenvalue weighted by Gasteiger charge is -2.35. The van der Waals surface area contributed by atoms with Crippen LogP contribution in [0.4, 0.5) is 0 Å². The van der Waals surface area contributed by atoms with Crippen LogP contribution in [0, 0.1) is 23.7 Å². The second-order valence-corrected chi connectivity index (χ2v) is 9.61. The van der Waals surface area contributed by atoms with Crippen molar-refractivity contribution in [3.8, 4) is 0 Å². The van der Waals surface area contributed by atoms with Gasteiger partial charge in [0.15, 0.2) is 0 Å². The fourth-order valence-electron chi connectivity index (χ4n) is 4.82. The lowest BCUT2D eigenvalue weighted by molar-refractivity contribution is -0.149. The molecule has 166 valence electrons. The van der Waals surface area contributed by atoms with Crippen molar-refractivity contribution in [1.29, 1.82) is 0 Å². The molecule has 0 unspecified atom stereocenters. The fourth-order valence-corrected chi connectivity index (χ4v) is 4.82. The SMILES string of the molecule is CC(C)C[C@@H](C(=O)NC1CCN(C(=O)C(C)C)CC1)N1C(=O)[C@H]2CC=CC[C@H]2C1=O. The summed E-state index contributed by atoms with van der Waals surface area (Å²) >= 11 is 0. The van der Waals surface area contributed by atoms with Crippen LogP contribution in [0.2, 0.25) is 0 Å². The number of hydrogen-bond acceptors (Lipinski definition) is 4. The van der Waals surface area contributed by atoms with Crippen molar-refractivity contribution >= 4 is 23.6 Å². The number of piperidine rings is 1. The second kappa shape index (κ2) is 9.31. The summed E-state index contributed by atoms with van der Waals surface area (Å²) in [5.74, 6) is -1.01. The van der Waals surface area contributed by atoms with Gasteiger partial charge in [-0.25, -0.2) is 0 Å². The summed E-state index contributed by atoms with van der Waals surface area (Å²) in [6, 6.07) is -0.800. The summed E-state index contributed by atoms with van der Waals surface area (Å²) in [5.41, 5.74) is 0. The number of allylic oxidation sites excluding steroid dienone is 2. The maximum atomic E-state index is 13.2. The van der Waals surface area contributed by atoms with E-state index in [2.05, 4.69) is 5.32 Å². The minimum atomic E-state index is -0.758. The van der Waals surface area contributed by atoms with Crippen LogP contribution in [0.15, 0.2) is 12.2 Å². The van der Waals surface area contributed by atoms with Crippen molar-refractivity contribution in [3.63, 3.8) is 0 Å². The molecule has 0 aromatic rings. The molecule has 0 aromatic heterocycles. The van der Waals surface area contributed by atoms with Gasteiger partial charge in [0.2, 0.25) is 23.6 Å². The van der Waals surface area contributed by atoms with Crippen molar-refractivity contribution in [3.05, 3.63) is 12.2 Å². The van der Waals surface area contributed by atoms with E-state index < -0.39 is 6.04 Å². The number of nitrogens with one attached hydrogen (secondary N) is 1. The van der Waals surface area contributed by atoms with Crippen molar-refractivity contribution in [1.82, 2.24) is 15.1 Å². The van der Waals surface area contributed by atoms with E-state index in [1.54, 1.807) is 0 Å². The zero-order valence-electron chi connectivity index (χ0n) is 18.6. The predicted octanol–water partition coefficient (Wildman–Crippen LogP) is 2.12. The van der Waals surface area contributed by atoms with E-state index >= 15 is 0 Å². The third-order valence-corrected chi connectivity index (χ3v) is 6.50. The maximum Gasteiger partial charge on any atom is 0.243 e. The van der Waals surface area contributed by atoms with E-state index in [-0.39, 0.29) is 53.3 Å². The largest absolute Gasteiger partial charge is 0.351 e. The van der Waals surface area contributed by atoms with Gasteiger partial charge in [0.05, 0.1) is 11.8 Å². The van der Waals surface area contributed by atoms with Gasteiger partial charge >= 0.3 is 0 Å². The van der Waals surface area contributed by atoms with Crippen LogP contribution >= 0.6 is 0 Å². The number of imide groups is 1. The average molecular weight is 418 g/mol. The second-order valence-electron chi connectivity index (χ2n) is 9.61. The van der Waals surface area contributed by atoms with E-state index in [1.807, 2.05) is 44.7 Å². The van der Waals surface area contributed by atoms with Crippen LogP contribution in [-0.2, 0) is 19.2 Å². The third kappa shape index (κ3) is 4.60. The van der Waals surface area contributed by atoms with Crippen LogP contribution < -0.4 is 5.32 Å². The highest BCUT2D eigenvalue weighted by atomic mass is 16.2. The Kier molecular flexibility index (Phi) is 6.98. The highest BCUT2D eigenvalue weighted by Gasteiger charge is 2.51. The number of rotatable bonds is 6. The van der Waals surface area contributed by atoms with E-state index in [9.17, 15) is 19.2 Å². The molecule has 7 heteroatoms. The fraction of sp³-hybridized carbons (Fsp3) is 0.739. The zero-order chi connectivity index (χ0) is 22.0. The molecule has 0 spiro atoms. The first-order valence-corrected chi connectivity index (χ1v) is 11.3. The van der Waals surface area contributed by atoms with E-state index in [0.29, 0.717) is 45.2 Å². The number of nitrogens with zero attached hydrogens (tertiary/aromatic N) is 2. The summed E-state index contributed by atoms with van der Waals surface area (Å²) < 4.78 is 0. The number of carbonyl (C=O) groups is 4. The molecule has 3 rings (SSSR count). The number of amides is 4. The third-order valence-electron chi connectivity index (χ3n) is 6.50. The number of hydrogen-bond donors (Lipinski definition) is 1. The Morgan fingerprint density at radius 1 is 1.00 bits per heavy atom. The van der Waals surface area contributed by atoms with Gasteiger partial charge in [0.25, 0.3) is 0 Å². The van der Waals surface area contributed by atoms with Crippen molar-refractivity contribution in [2.75, 3.05) is 13.1 Å². The van der Waals surface area contributed by atoms with Crippen molar-refractivity contribution in [2.45, 2.75) is 71.9 Å². The van der Waals surface area contributed by atoms with Crippen LogP contribution in [0.1, 0.15) is 59.8 Å². The van der Waals surface area contributed by atoms with Crippen LogP contribution in [0.25, 0.3) is 0 Å². The summed E-state index contributed by atoms with van der Waals surface area (Å²) in [4.78, 5) is 54.5. The lowest BCUT2D eigenvalue weighted by Crippen LogP contribution is -2.54. The Morgan fingerprint density at radius 3 is 2.00 bits per heavy atom. The molecule has 2 fully saturated rings. The van der Waals surface area contributed by atoms with E-state index in [1.165, 1.54) is 4.90 Å². The smallest absolute Gasteiger partial charge is 0.243 e. The molecule has 3 atom stereocenters. The Bertz CT molecular complexity index is 696. The zero-order valence-corrected chi connectivity index (χ0v) is 18.6. The first-order valence-electron chi connectivity index (χ1n) is 11.3. The molecular weight excluding hydrogens is 382 g/mol. The summed E-state index contributed by atoms with van der Waals surface area (Å²) in [5, 5.41) is 3.07. The lowest BCUT2D eigenvalue weighted by atomic mass is 9.85. The monoisotopic (exact) mass is 417 g/mol. The maximum absolute atomic E-state index is 13.2. The minimum absolute atomic E-state index is 0.0308. The molecule has 30 heavy (non-hydrogen) atoms. The van der Waals surface area contributed by atoms with Gasteiger partial charge in [0, 0.05) is 25.0 Å². The standard InChI is InChI=1S/C23H35N3O4/c1-14(2)13-19(26-22(29)17-7-5-6-8-18(17)23(26)30)20(27)24-16-9-11-25(12-10-16)21(28)15(3)4/h5-6,14-19H,7-13H2,1-4H3,(H,24,27)/t17-,18+,19-/m0/s1. The van der Waals surface area contributed by atoms with Gasteiger partial charge in [-0.05, 0) is 38.0 Å². The molecular formula is C23H35N3O4. The summed E-state index contributed by atoms with van der Waals surface area (Å²) in [7, 11) is 0. The van der Waals surface area contributed by atoms with E-state index in [0.717, 1.165) is 0 Å². The Hall–Kier alpha value is -2.18. The molecule has 2 aliphatic heterocycles. The van der Waals surface area contributed by atoms with E-state index in [4.69, 9.17) is 0 Å². The van der Waals surface area contributed by atoms with Gasteiger partial charge in [-0.2, -0.15) is 0 Å². The molecule has 3 aliphatic rings.